The number of nitrogens with one attached hydrogen (secondary N) is 2. The largest absolute Gasteiger partial charge is 0.360 e. The predicted molar refractivity (Wildman–Crippen MR) is 104 cm³/mol. The van der Waals surface area contributed by atoms with Gasteiger partial charge in [0.15, 0.2) is 11.0 Å². The Morgan fingerprint density at radius 1 is 1.30 bits per heavy atom. The molecule has 0 saturated carbocycles. The highest BCUT2D eigenvalue weighted by molar-refractivity contribution is 8.00. The van der Waals surface area contributed by atoms with Crippen molar-refractivity contribution in [1.82, 2.24) is 15.1 Å². The fraction of sp³-hybridized carbons (Fsp3) is 0.263. The third-order valence-corrected chi connectivity index (χ3v) is 4.87. The lowest BCUT2D eigenvalue weighted by Gasteiger charge is -2.15. The molecular formula is C19H20N4O3S. The number of carbonyl (C=O) groups is 1. The second-order valence-corrected chi connectivity index (χ2v) is 7.11. The van der Waals surface area contributed by atoms with Crippen molar-refractivity contribution in [2.45, 2.75) is 37.1 Å². The van der Waals surface area contributed by atoms with E-state index >= 15 is 0 Å². The van der Waals surface area contributed by atoms with E-state index in [4.69, 9.17) is 4.52 Å². The second-order valence-electron chi connectivity index (χ2n) is 6.01. The summed E-state index contributed by atoms with van der Waals surface area (Å²) in [4.78, 5) is 32.0. The molecule has 3 aromatic rings. The van der Waals surface area contributed by atoms with Crippen LogP contribution in [0, 0.1) is 6.92 Å². The van der Waals surface area contributed by atoms with E-state index in [1.54, 1.807) is 13.0 Å². The quantitative estimate of drug-likeness (QED) is 0.478. The standard InChI is InChI=1S/C19H20N4O3S/c1-3-7-14-11-16(24)22-19(20-14)27-17(13-8-5-4-6-9-13)18(25)21-15-10-12(2)26-23-15/h4-6,8-11,17H,3,7H2,1-2H3,(H,20,22,24)(H,21,23,25). The molecule has 140 valence electrons. The number of hydrogen-bond donors (Lipinski definition) is 2. The van der Waals surface area contributed by atoms with Crippen molar-refractivity contribution in [2.24, 2.45) is 0 Å². The van der Waals surface area contributed by atoms with Crippen molar-refractivity contribution in [1.29, 1.82) is 0 Å². The summed E-state index contributed by atoms with van der Waals surface area (Å²) in [6, 6.07) is 12.5. The Hall–Kier alpha value is -2.87. The summed E-state index contributed by atoms with van der Waals surface area (Å²) in [5, 5.41) is 6.35. The fourth-order valence-corrected chi connectivity index (χ4v) is 3.56. The lowest BCUT2D eigenvalue weighted by atomic mass is 10.1. The number of rotatable bonds is 7. The molecule has 0 spiro atoms. The highest BCUT2D eigenvalue weighted by atomic mass is 32.2. The van der Waals surface area contributed by atoms with Gasteiger partial charge in [-0.3, -0.25) is 9.59 Å². The van der Waals surface area contributed by atoms with E-state index in [2.05, 4.69) is 20.4 Å². The number of hydrogen-bond acceptors (Lipinski definition) is 6. The molecular weight excluding hydrogens is 364 g/mol. The zero-order valence-electron chi connectivity index (χ0n) is 15.1. The first kappa shape index (κ1) is 18.9. The number of benzene rings is 1. The maximum absolute atomic E-state index is 12.9. The van der Waals surface area contributed by atoms with Crippen LogP contribution in [0.25, 0.3) is 0 Å². The number of thioether (sulfide) groups is 1. The van der Waals surface area contributed by atoms with E-state index in [0.29, 0.717) is 28.8 Å². The van der Waals surface area contributed by atoms with Gasteiger partial charge in [0.25, 0.3) is 5.56 Å². The lowest BCUT2D eigenvalue weighted by Crippen LogP contribution is -2.20. The van der Waals surface area contributed by atoms with Crippen molar-refractivity contribution in [2.75, 3.05) is 5.32 Å². The van der Waals surface area contributed by atoms with E-state index in [1.165, 1.54) is 17.8 Å². The highest BCUT2D eigenvalue weighted by Gasteiger charge is 2.24. The second kappa shape index (κ2) is 8.68. The molecule has 0 aliphatic carbocycles. The van der Waals surface area contributed by atoms with Gasteiger partial charge in [0.05, 0.1) is 0 Å². The average Bonchev–Trinajstić information content (AvgIpc) is 3.05. The van der Waals surface area contributed by atoms with E-state index in [1.807, 2.05) is 37.3 Å². The van der Waals surface area contributed by atoms with E-state index < -0.39 is 5.25 Å². The Morgan fingerprint density at radius 2 is 2.07 bits per heavy atom. The van der Waals surface area contributed by atoms with Crippen LogP contribution in [-0.2, 0) is 11.2 Å². The summed E-state index contributed by atoms with van der Waals surface area (Å²) in [6.45, 7) is 3.77. The highest BCUT2D eigenvalue weighted by Crippen LogP contribution is 2.34. The van der Waals surface area contributed by atoms with Crippen LogP contribution in [0.4, 0.5) is 5.82 Å². The molecule has 2 aromatic heterocycles. The lowest BCUT2D eigenvalue weighted by molar-refractivity contribution is -0.115. The first-order chi connectivity index (χ1) is 13.0. The number of aryl methyl sites for hydroxylation is 2. The number of anilines is 1. The maximum Gasteiger partial charge on any atom is 0.251 e. The number of carbonyl (C=O) groups excluding carboxylic acids is 1. The topological polar surface area (TPSA) is 101 Å². The smallest absolute Gasteiger partial charge is 0.251 e. The third kappa shape index (κ3) is 5.07. The monoisotopic (exact) mass is 384 g/mol. The molecule has 27 heavy (non-hydrogen) atoms. The Bertz CT molecular complexity index is 968. The van der Waals surface area contributed by atoms with E-state index in [9.17, 15) is 9.59 Å². The fourth-order valence-electron chi connectivity index (χ4n) is 2.55. The van der Waals surface area contributed by atoms with Gasteiger partial charge in [0.1, 0.15) is 11.0 Å². The minimum absolute atomic E-state index is 0.227. The molecule has 0 aliphatic rings. The first-order valence-corrected chi connectivity index (χ1v) is 9.49. The molecule has 0 saturated heterocycles. The van der Waals surface area contributed by atoms with Crippen molar-refractivity contribution in [3.8, 4) is 0 Å². The normalized spacial score (nSPS) is 11.9. The summed E-state index contributed by atoms with van der Waals surface area (Å²) >= 11 is 1.19. The number of amides is 1. The van der Waals surface area contributed by atoms with Gasteiger partial charge < -0.3 is 14.8 Å². The third-order valence-electron chi connectivity index (χ3n) is 3.73. The van der Waals surface area contributed by atoms with Gasteiger partial charge in [-0.25, -0.2) is 4.98 Å². The molecule has 1 unspecified atom stereocenters. The number of H-pyrrole nitrogens is 1. The maximum atomic E-state index is 12.9. The summed E-state index contributed by atoms with van der Waals surface area (Å²) in [7, 11) is 0. The van der Waals surface area contributed by atoms with Gasteiger partial charge in [-0.15, -0.1) is 0 Å². The molecule has 8 heteroatoms. The van der Waals surface area contributed by atoms with Gasteiger partial charge >= 0.3 is 0 Å². The van der Waals surface area contributed by atoms with E-state index in [-0.39, 0.29) is 11.5 Å². The Balaban J connectivity index is 1.88. The van der Waals surface area contributed by atoms with Crippen molar-refractivity contribution in [3.05, 3.63) is 69.8 Å². The molecule has 0 aliphatic heterocycles. The van der Waals surface area contributed by atoms with Crippen LogP contribution in [0.5, 0.6) is 0 Å². The molecule has 0 fully saturated rings. The minimum Gasteiger partial charge on any atom is -0.360 e. The molecule has 1 amide bonds. The molecule has 7 nitrogen and oxygen atoms in total. The van der Waals surface area contributed by atoms with Crippen molar-refractivity contribution < 1.29 is 9.32 Å². The van der Waals surface area contributed by atoms with E-state index in [0.717, 1.165) is 12.0 Å². The average molecular weight is 384 g/mol. The number of aromatic amines is 1. The zero-order valence-corrected chi connectivity index (χ0v) is 15.9. The first-order valence-electron chi connectivity index (χ1n) is 8.61. The summed E-state index contributed by atoms with van der Waals surface area (Å²) in [5.74, 6) is 0.677. The number of aromatic nitrogens is 3. The molecule has 2 heterocycles. The molecule has 3 rings (SSSR count). The van der Waals surface area contributed by atoms with Gasteiger partial charge in [-0.1, -0.05) is 60.6 Å². The Labute approximate surface area is 160 Å². The number of nitrogens with zero attached hydrogens (tertiary/aromatic N) is 2. The Morgan fingerprint density at radius 3 is 2.74 bits per heavy atom. The van der Waals surface area contributed by atoms with Crippen molar-refractivity contribution >= 4 is 23.5 Å². The van der Waals surface area contributed by atoms with Crippen LogP contribution in [0.2, 0.25) is 0 Å². The predicted octanol–water partition coefficient (Wildman–Crippen LogP) is 3.49. The molecule has 0 radical (unpaired) electrons. The summed E-state index contributed by atoms with van der Waals surface area (Å²) in [5.41, 5.74) is 1.28. The Kier molecular flexibility index (Phi) is 6.08. The van der Waals surface area contributed by atoms with Crippen LogP contribution in [-0.4, -0.2) is 21.0 Å². The summed E-state index contributed by atoms with van der Waals surface area (Å²) < 4.78 is 5.00. The van der Waals surface area contributed by atoms with Gasteiger partial charge in [-0.05, 0) is 18.9 Å². The molecule has 0 bridgehead atoms. The molecule has 1 aromatic carbocycles. The van der Waals surface area contributed by atoms with Crippen LogP contribution >= 0.6 is 11.8 Å². The van der Waals surface area contributed by atoms with Crippen LogP contribution in [0.3, 0.4) is 0 Å². The van der Waals surface area contributed by atoms with Crippen LogP contribution in [0.1, 0.15) is 35.6 Å². The van der Waals surface area contributed by atoms with Gasteiger partial charge in [0.2, 0.25) is 5.91 Å². The molecule has 2 N–H and O–H groups in total. The minimum atomic E-state index is -0.608. The van der Waals surface area contributed by atoms with Crippen LogP contribution < -0.4 is 10.9 Å². The SMILES string of the molecule is CCCc1cc(=O)[nH]c(SC(C(=O)Nc2cc(C)on2)c2ccccc2)n1. The zero-order chi connectivity index (χ0) is 19.2. The summed E-state index contributed by atoms with van der Waals surface area (Å²) in [6.07, 6.45) is 1.59. The molecule has 1 atom stereocenters. The van der Waals surface area contributed by atoms with Gasteiger partial charge in [-0.2, -0.15) is 0 Å². The van der Waals surface area contributed by atoms with Crippen LogP contribution in [0.15, 0.2) is 56.9 Å². The van der Waals surface area contributed by atoms with Gasteiger partial charge in [0, 0.05) is 17.8 Å². The van der Waals surface area contributed by atoms with Crippen molar-refractivity contribution in [3.63, 3.8) is 0 Å².